The van der Waals surface area contributed by atoms with Gasteiger partial charge in [0.25, 0.3) is 11.8 Å². The second-order valence-corrected chi connectivity index (χ2v) is 5.48. The Morgan fingerprint density at radius 3 is 2.64 bits per heavy atom. The highest BCUT2D eigenvalue weighted by molar-refractivity contribution is 9.10. The summed E-state index contributed by atoms with van der Waals surface area (Å²) in [5.41, 5.74) is -0.184. The summed E-state index contributed by atoms with van der Waals surface area (Å²) in [4.78, 5) is 23.5. The number of halogens is 3. The van der Waals surface area contributed by atoms with Crippen LogP contribution in [-0.2, 0) is 5.92 Å². The Hall–Kier alpha value is -1.96. The summed E-state index contributed by atoms with van der Waals surface area (Å²) in [6.07, 6.45) is 4.16. The average Bonchev–Trinajstić information content (AvgIpc) is 2.48. The number of carbonyl (C=O) groups excluding carboxylic acids is 1. The molecular formula is C14H13BrF2N4O. The van der Waals surface area contributed by atoms with Crippen LogP contribution in [0.15, 0.2) is 35.2 Å². The fourth-order valence-electron chi connectivity index (χ4n) is 1.79. The number of hydrogen-bond acceptors (Lipinski definition) is 4. The van der Waals surface area contributed by atoms with Gasteiger partial charge in [0, 0.05) is 30.6 Å². The Labute approximate surface area is 134 Å². The minimum Gasteiger partial charge on any atom is -0.304 e. The van der Waals surface area contributed by atoms with Gasteiger partial charge in [0.05, 0.1) is 4.47 Å². The van der Waals surface area contributed by atoms with Gasteiger partial charge < -0.3 is 5.32 Å². The number of anilines is 1. The summed E-state index contributed by atoms with van der Waals surface area (Å²) in [5, 5.41) is 2.41. The van der Waals surface area contributed by atoms with Crippen molar-refractivity contribution in [3.63, 3.8) is 0 Å². The lowest BCUT2D eigenvalue weighted by atomic mass is 10.1. The zero-order valence-corrected chi connectivity index (χ0v) is 13.3. The largest absolute Gasteiger partial charge is 0.304 e. The summed E-state index contributed by atoms with van der Waals surface area (Å²) < 4.78 is 28.4. The number of nitrogens with zero attached hydrogens (tertiary/aromatic N) is 3. The highest BCUT2D eigenvalue weighted by atomic mass is 79.9. The van der Waals surface area contributed by atoms with Crippen molar-refractivity contribution in [2.75, 3.05) is 5.32 Å². The van der Waals surface area contributed by atoms with Crippen molar-refractivity contribution in [1.29, 1.82) is 0 Å². The van der Waals surface area contributed by atoms with E-state index in [-0.39, 0.29) is 23.6 Å². The SMILES string of the molecule is CCCC(F)(F)c1ccnc(NC(=O)c2ncc(Br)cn2)c1. The zero-order chi connectivity index (χ0) is 16.2. The normalized spacial score (nSPS) is 11.3. The fourth-order valence-corrected chi connectivity index (χ4v) is 1.99. The molecule has 0 aliphatic carbocycles. The zero-order valence-electron chi connectivity index (χ0n) is 11.7. The Kier molecular flexibility index (Phi) is 5.12. The molecule has 2 heterocycles. The van der Waals surface area contributed by atoms with Gasteiger partial charge in [-0.2, -0.15) is 0 Å². The maximum Gasteiger partial charge on any atom is 0.294 e. The molecule has 2 rings (SSSR count). The molecule has 5 nitrogen and oxygen atoms in total. The van der Waals surface area contributed by atoms with Crippen LogP contribution in [0.4, 0.5) is 14.6 Å². The van der Waals surface area contributed by atoms with Crippen LogP contribution in [0.2, 0.25) is 0 Å². The quantitative estimate of drug-likeness (QED) is 0.869. The van der Waals surface area contributed by atoms with Gasteiger partial charge in [0.15, 0.2) is 0 Å². The first-order valence-electron chi connectivity index (χ1n) is 6.55. The van der Waals surface area contributed by atoms with Crippen molar-refractivity contribution in [2.24, 2.45) is 0 Å². The van der Waals surface area contributed by atoms with E-state index in [1.807, 2.05) is 0 Å². The molecule has 116 valence electrons. The van der Waals surface area contributed by atoms with E-state index in [1.54, 1.807) is 6.92 Å². The first kappa shape index (κ1) is 16.4. The third kappa shape index (κ3) is 4.03. The molecule has 0 fully saturated rings. The average molecular weight is 371 g/mol. The van der Waals surface area contributed by atoms with E-state index in [1.165, 1.54) is 24.7 Å². The molecule has 0 unspecified atom stereocenters. The molecule has 0 saturated heterocycles. The second-order valence-electron chi connectivity index (χ2n) is 4.56. The summed E-state index contributed by atoms with van der Waals surface area (Å²) in [6, 6.07) is 2.40. The van der Waals surface area contributed by atoms with Crippen LogP contribution in [-0.4, -0.2) is 20.9 Å². The number of nitrogens with one attached hydrogen (secondary N) is 1. The molecule has 0 aromatic carbocycles. The summed E-state index contributed by atoms with van der Waals surface area (Å²) in [7, 11) is 0. The highest BCUT2D eigenvalue weighted by Gasteiger charge is 2.30. The lowest BCUT2D eigenvalue weighted by molar-refractivity contribution is -0.0140. The number of carbonyl (C=O) groups is 1. The number of rotatable bonds is 5. The van der Waals surface area contributed by atoms with Gasteiger partial charge in [-0.1, -0.05) is 13.3 Å². The van der Waals surface area contributed by atoms with Gasteiger partial charge >= 0.3 is 0 Å². The standard InChI is InChI=1S/C14H13BrF2N4O/c1-2-4-14(16,17)9-3-5-18-11(6-9)21-13(22)12-19-7-10(15)8-20-12/h3,5-8H,2,4H2,1H3,(H,18,21,22). The number of pyridine rings is 1. The molecule has 1 amide bonds. The van der Waals surface area contributed by atoms with Gasteiger partial charge in [-0.05, 0) is 28.1 Å². The maximum absolute atomic E-state index is 13.9. The molecule has 2 aromatic heterocycles. The van der Waals surface area contributed by atoms with Crippen LogP contribution < -0.4 is 5.32 Å². The van der Waals surface area contributed by atoms with E-state index in [0.29, 0.717) is 10.9 Å². The third-order valence-corrected chi connectivity index (χ3v) is 3.22. The molecule has 0 spiro atoms. The van der Waals surface area contributed by atoms with E-state index in [2.05, 4.69) is 36.2 Å². The minimum atomic E-state index is -2.95. The maximum atomic E-state index is 13.9. The van der Waals surface area contributed by atoms with E-state index in [4.69, 9.17) is 0 Å². The van der Waals surface area contributed by atoms with E-state index >= 15 is 0 Å². The van der Waals surface area contributed by atoms with Crippen LogP contribution in [0.25, 0.3) is 0 Å². The Balaban J connectivity index is 2.16. The van der Waals surface area contributed by atoms with Gasteiger partial charge in [0.2, 0.25) is 5.82 Å². The summed E-state index contributed by atoms with van der Waals surface area (Å²) in [5.74, 6) is -3.61. The monoisotopic (exact) mass is 370 g/mol. The molecule has 0 aliphatic heterocycles. The van der Waals surface area contributed by atoms with Crippen molar-refractivity contribution in [3.8, 4) is 0 Å². The van der Waals surface area contributed by atoms with Crippen LogP contribution >= 0.6 is 15.9 Å². The molecule has 8 heteroatoms. The molecule has 2 aromatic rings. The van der Waals surface area contributed by atoms with Crippen molar-refractivity contribution >= 4 is 27.7 Å². The van der Waals surface area contributed by atoms with Gasteiger partial charge in [-0.25, -0.2) is 23.7 Å². The summed E-state index contributed by atoms with van der Waals surface area (Å²) >= 11 is 3.16. The van der Waals surface area contributed by atoms with Gasteiger partial charge in [-0.15, -0.1) is 0 Å². The van der Waals surface area contributed by atoms with E-state index < -0.39 is 11.8 Å². The molecule has 0 atom stereocenters. The lowest BCUT2D eigenvalue weighted by Crippen LogP contribution is -2.18. The van der Waals surface area contributed by atoms with E-state index in [0.717, 1.165) is 6.07 Å². The number of alkyl halides is 2. The molecule has 0 radical (unpaired) electrons. The van der Waals surface area contributed by atoms with Crippen LogP contribution in [0.1, 0.15) is 35.9 Å². The first-order valence-corrected chi connectivity index (χ1v) is 7.35. The van der Waals surface area contributed by atoms with Crippen LogP contribution in [0.5, 0.6) is 0 Å². The third-order valence-electron chi connectivity index (χ3n) is 2.81. The lowest BCUT2D eigenvalue weighted by Gasteiger charge is -2.16. The van der Waals surface area contributed by atoms with Gasteiger partial charge in [-0.3, -0.25) is 4.79 Å². The smallest absolute Gasteiger partial charge is 0.294 e. The van der Waals surface area contributed by atoms with Crippen LogP contribution in [0.3, 0.4) is 0 Å². The molecule has 1 N–H and O–H groups in total. The van der Waals surface area contributed by atoms with Crippen LogP contribution in [0, 0.1) is 0 Å². The summed E-state index contributed by atoms with van der Waals surface area (Å²) in [6.45, 7) is 1.68. The molecular weight excluding hydrogens is 358 g/mol. The fraction of sp³-hybridized carbons (Fsp3) is 0.286. The minimum absolute atomic E-state index is 0.0322. The first-order chi connectivity index (χ1) is 10.4. The van der Waals surface area contributed by atoms with Crippen molar-refractivity contribution in [3.05, 3.63) is 46.6 Å². The van der Waals surface area contributed by atoms with Crippen molar-refractivity contribution < 1.29 is 13.6 Å². The molecule has 0 bridgehead atoms. The highest BCUT2D eigenvalue weighted by Crippen LogP contribution is 2.33. The van der Waals surface area contributed by atoms with E-state index in [9.17, 15) is 13.6 Å². The Morgan fingerprint density at radius 1 is 1.32 bits per heavy atom. The Morgan fingerprint density at radius 2 is 2.00 bits per heavy atom. The molecule has 0 saturated carbocycles. The van der Waals surface area contributed by atoms with Gasteiger partial charge in [0.1, 0.15) is 5.82 Å². The Bertz CT molecular complexity index is 664. The second kappa shape index (κ2) is 6.87. The van der Waals surface area contributed by atoms with Crippen molar-refractivity contribution in [1.82, 2.24) is 15.0 Å². The number of aromatic nitrogens is 3. The molecule has 22 heavy (non-hydrogen) atoms. The predicted molar refractivity (Wildman–Crippen MR) is 80.7 cm³/mol. The predicted octanol–water partition coefficient (Wildman–Crippen LogP) is 3.78. The topological polar surface area (TPSA) is 67.8 Å². The van der Waals surface area contributed by atoms with Crippen molar-refractivity contribution in [2.45, 2.75) is 25.7 Å². The number of hydrogen-bond donors (Lipinski definition) is 1. The number of amides is 1. The molecule has 0 aliphatic rings.